The number of benzene rings is 2. The second kappa shape index (κ2) is 5.74. The number of likely N-dealkylation sites (N-methyl/N-ethyl adjacent to an activating group) is 1. The summed E-state index contributed by atoms with van der Waals surface area (Å²) < 4.78 is 13.3. The number of nitrogens with zero attached hydrogens (tertiary/aromatic N) is 1. The van der Waals surface area contributed by atoms with E-state index in [9.17, 15) is 4.39 Å². The number of hydrogen-bond donors (Lipinski definition) is 2. The van der Waals surface area contributed by atoms with Gasteiger partial charge in [0.25, 0.3) is 0 Å². The molecule has 1 unspecified atom stereocenters. The summed E-state index contributed by atoms with van der Waals surface area (Å²) in [6.45, 7) is 1.52. The molecule has 21 heavy (non-hydrogen) atoms. The van der Waals surface area contributed by atoms with Crippen molar-refractivity contribution in [3.8, 4) is 0 Å². The number of halogens is 1. The molecular formula is C17H20FN3. The molecule has 3 rings (SSSR count). The van der Waals surface area contributed by atoms with E-state index in [1.165, 1.54) is 23.4 Å². The summed E-state index contributed by atoms with van der Waals surface area (Å²) in [5, 5.41) is 3.31. The lowest BCUT2D eigenvalue weighted by Crippen LogP contribution is -2.20. The van der Waals surface area contributed by atoms with E-state index in [4.69, 9.17) is 5.73 Å². The molecule has 2 aromatic carbocycles. The predicted octanol–water partition coefficient (Wildman–Crippen LogP) is 2.93. The Labute approximate surface area is 124 Å². The van der Waals surface area contributed by atoms with Crippen LogP contribution in [0.1, 0.15) is 17.2 Å². The second-order valence-electron chi connectivity index (χ2n) is 5.50. The fourth-order valence-corrected chi connectivity index (χ4v) is 2.86. The van der Waals surface area contributed by atoms with Gasteiger partial charge in [0.2, 0.25) is 0 Å². The third-order valence-corrected chi connectivity index (χ3v) is 4.03. The van der Waals surface area contributed by atoms with Crippen LogP contribution in [-0.4, -0.2) is 20.1 Å². The molecule has 1 aliphatic rings. The highest BCUT2D eigenvalue weighted by Crippen LogP contribution is 2.30. The van der Waals surface area contributed by atoms with Crippen molar-refractivity contribution in [2.75, 3.05) is 30.4 Å². The van der Waals surface area contributed by atoms with Crippen LogP contribution in [0.2, 0.25) is 0 Å². The molecule has 3 nitrogen and oxygen atoms in total. The fourth-order valence-electron chi connectivity index (χ4n) is 2.86. The Morgan fingerprint density at radius 3 is 2.90 bits per heavy atom. The van der Waals surface area contributed by atoms with Crippen LogP contribution >= 0.6 is 0 Å². The van der Waals surface area contributed by atoms with Crippen molar-refractivity contribution in [1.29, 1.82) is 0 Å². The third-order valence-electron chi connectivity index (χ3n) is 4.03. The van der Waals surface area contributed by atoms with E-state index in [1.807, 2.05) is 6.07 Å². The standard InChI is InChI=1S/C17H20FN3/c1-21-8-7-13-9-12(5-6-17(13)21)16(11-19)20-15-4-2-3-14(18)10-15/h2-6,9-10,16,20H,7-8,11,19H2,1H3. The number of nitrogens with one attached hydrogen (secondary N) is 1. The number of rotatable bonds is 4. The molecule has 1 heterocycles. The minimum Gasteiger partial charge on any atom is -0.377 e. The first-order chi connectivity index (χ1) is 10.2. The predicted molar refractivity (Wildman–Crippen MR) is 85.2 cm³/mol. The zero-order chi connectivity index (χ0) is 14.8. The molecule has 1 atom stereocenters. The van der Waals surface area contributed by atoms with Gasteiger partial charge in [0.15, 0.2) is 0 Å². The van der Waals surface area contributed by atoms with Gasteiger partial charge < -0.3 is 16.0 Å². The molecule has 0 saturated heterocycles. The van der Waals surface area contributed by atoms with Crippen LogP contribution in [0.5, 0.6) is 0 Å². The van der Waals surface area contributed by atoms with Gasteiger partial charge in [-0.25, -0.2) is 4.39 Å². The number of hydrogen-bond acceptors (Lipinski definition) is 3. The molecular weight excluding hydrogens is 265 g/mol. The topological polar surface area (TPSA) is 41.3 Å². The van der Waals surface area contributed by atoms with Crippen molar-refractivity contribution >= 4 is 11.4 Å². The average molecular weight is 285 g/mol. The van der Waals surface area contributed by atoms with Crippen LogP contribution in [-0.2, 0) is 6.42 Å². The summed E-state index contributed by atoms with van der Waals surface area (Å²) in [6, 6.07) is 12.9. The summed E-state index contributed by atoms with van der Waals surface area (Å²) in [6.07, 6.45) is 1.07. The molecule has 0 saturated carbocycles. The van der Waals surface area contributed by atoms with Crippen molar-refractivity contribution < 1.29 is 4.39 Å². The summed E-state index contributed by atoms with van der Waals surface area (Å²) in [7, 11) is 2.11. The quantitative estimate of drug-likeness (QED) is 0.907. The Kier molecular flexibility index (Phi) is 3.80. The summed E-state index contributed by atoms with van der Waals surface area (Å²) in [5.41, 5.74) is 10.4. The first-order valence-corrected chi connectivity index (χ1v) is 7.23. The maximum Gasteiger partial charge on any atom is 0.125 e. The largest absolute Gasteiger partial charge is 0.377 e. The average Bonchev–Trinajstić information content (AvgIpc) is 2.86. The molecule has 0 amide bonds. The summed E-state index contributed by atoms with van der Waals surface area (Å²) in [4.78, 5) is 2.26. The van der Waals surface area contributed by atoms with Crippen LogP contribution in [0.3, 0.4) is 0 Å². The minimum absolute atomic E-state index is 0.0111. The molecule has 0 aliphatic carbocycles. The van der Waals surface area contributed by atoms with E-state index in [1.54, 1.807) is 6.07 Å². The van der Waals surface area contributed by atoms with Crippen LogP contribution in [0.15, 0.2) is 42.5 Å². The van der Waals surface area contributed by atoms with Crippen LogP contribution in [0, 0.1) is 5.82 Å². The Morgan fingerprint density at radius 1 is 1.29 bits per heavy atom. The molecule has 0 bridgehead atoms. The van der Waals surface area contributed by atoms with Crippen molar-refractivity contribution in [3.63, 3.8) is 0 Å². The number of fused-ring (bicyclic) bond motifs is 1. The molecule has 4 heteroatoms. The Hall–Kier alpha value is -2.07. The smallest absolute Gasteiger partial charge is 0.125 e. The molecule has 0 spiro atoms. The van der Waals surface area contributed by atoms with E-state index < -0.39 is 0 Å². The molecule has 3 N–H and O–H groups in total. The zero-order valence-electron chi connectivity index (χ0n) is 12.1. The number of anilines is 2. The molecule has 0 fully saturated rings. The highest BCUT2D eigenvalue weighted by atomic mass is 19.1. The van der Waals surface area contributed by atoms with Crippen LogP contribution in [0.4, 0.5) is 15.8 Å². The van der Waals surface area contributed by atoms with Gasteiger partial charge in [-0.3, -0.25) is 0 Å². The van der Waals surface area contributed by atoms with Crippen LogP contribution in [0.25, 0.3) is 0 Å². The lowest BCUT2D eigenvalue weighted by Gasteiger charge is -2.20. The normalized spacial score (nSPS) is 14.9. The van der Waals surface area contributed by atoms with Gasteiger partial charge >= 0.3 is 0 Å². The Balaban J connectivity index is 1.83. The fraction of sp³-hybridized carbons (Fsp3) is 0.294. The molecule has 0 aromatic heterocycles. The Bertz CT molecular complexity index is 642. The van der Waals surface area contributed by atoms with E-state index >= 15 is 0 Å². The van der Waals surface area contributed by atoms with E-state index in [-0.39, 0.29) is 11.9 Å². The van der Waals surface area contributed by atoms with Crippen molar-refractivity contribution in [3.05, 3.63) is 59.4 Å². The van der Waals surface area contributed by atoms with Gasteiger partial charge in [-0.2, -0.15) is 0 Å². The van der Waals surface area contributed by atoms with E-state index in [0.29, 0.717) is 6.54 Å². The maximum absolute atomic E-state index is 13.3. The van der Waals surface area contributed by atoms with E-state index in [0.717, 1.165) is 24.2 Å². The SMILES string of the molecule is CN1CCc2cc(C(CN)Nc3cccc(F)c3)ccc21. The van der Waals surface area contributed by atoms with Gasteiger partial charge in [0, 0.05) is 31.5 Å². The van der Waals surface area contributed by atoms with Gasteiger partial charge in [-0.15, -0.1) is 0 Å². The van der Waals surface area contributed by atoms with Gasteiger partial charge in [0.1, 0.15) is 5.82 Å². The summed E-state index contributed by atoms with van der Waals surface area (Å²) in [5.74, 6) is -0.244. The van der Waals surface area contributed by atoms with Crippen molar-refractivity contribution in [2.45, 2.75) is 12.5 Å². The summed E-state index contributed by atoms with van der Waals surface area (Å²) >= 11 is 0. The van der Waals surface area contributed by atoms with Gasteiger partial charge in [-0.1, -0.05) is 18.2 Å². The highest BCUT2D eigenvalue weighted by Gasteiger charge is 2.18. The highest BCUT2D eigenvalue weighted by molar-refractivity contribution is 5.59. The zero-order valence-corrected chi connectivity index (χ0v) is 12.1. The molecule has 1 aliphatic heterocycles. The molecule has 0 radical (unpaired) electrons. The van der Waals surface area contributed by atoms with Gasteiger partial charge in [-0.05, 0) is 41.8 Å². The minimum atomic E-state index is -0.244. The second-order valence-corrected chi connectivity index (χ2v) is 5.50. The first-order valence-electron chi connectivity index (χ1n) is 7.23. The first kappa shape index (κ1) is 13.9. The monoisotopic (exact) mass is 285 g/mol. The lowest BCUT2D eigenvalue weighted by atomic mass is 10.0. The van der Waals surface area contributed by atoms with Gasteiger partial charge in [0.05, 0.1) is 6.04 Å². The third kappa shape index (κ3) is 2.85. The van der Waals surface area contributed by atoms with E-state index in [2.05, 4.69) is 35.5 Å². The van der Waals surface area contributed by atoms with Crippen molar-refractivity contribution in [1.82, 2.24) is 0 Å². The maximum atomic E-state index is 13.3. The lowest BCUT2D eigenvalue weighted by molar-refractivity contribution is 0.627. The molecule has 2 aromatic rings. The van der Waals surface area contributed by atoms with Crippen LogP contribution < -0.4 is 16.0 Å². The molecule has 110 valence electrons. The Morgan fingerprint density at radius 2 is 2.14 bits per heavy atom. The van der Waals surface area contributed by atoms with Crippen molar-refractivity contribution in [2.24, 2.45) is 5.73 Å². The number of nitrogens with two attached hydrogens (primary N) is 1.